The molecule has 2 heterocycles. The highest BCUT2D eigenvalue weighted by atomic mass is 16.5. The van der Waals surface area contributed by atoms with Gasteiger partial charge < -0.3 is 29.7 Å². The normalized spacial score (nSPS) is 20.5. The molecule has 3 atom stereocenters. The number of nitrogens with one attached hydrogen (secondary N) is 2. The fraction of sp³-hybridized carbons (Fsp3) is 0.607. The quantitative estimate of drug-likeness (QED) is 0.596. The van der Waals surface area contributed by atoms with Crippen LogP contribution >= 0.6 is 0 Å². The molecule has 1 aromatic carbocycles. The minimum atomic E-state index is -0.522. The Bertz CT molecular complexity index is 1140. The van der Waals surface area contributed by atoms with E-state index < -0.39 is 6.04 Å². The van der Waals surface area contributed by atoms with Crippen molar-refractivity contribution in [3.63, 3.8) is 0 Å². The van der Waals surface area contributed by atoms with Gasteiger partial charge in [-0.1, -0.05) is 19.3 Å². The summed E-state index contributed by atoms with van der Waals surface area (Å²) in [7, 11) is 5.26. The predicted octanol–water partition coefficient (Wildman–Crippen LogP) is 2.53. The molecule has 1 aromatic heterocycles. The first kappa shape index (κ1) is 27.0. The summed E-state index contributed by atoms with van der Waals surface area (Å²) in [5.41, 5.74) is 1.55. The second-order valence-corrected chi connectivity index (χ2v) is 10.5. The van der Waals surface area contributed by atoms with E-state index in [0.29, 0.717) is 25.3 Å². The highest BCUT2D eigenvalue weighted by Crippen LogP contribution is 2.29. The average molecular weight is 512 g/mol. The molecule has 3 amide bonds. The van der Waals surface area contributed by atoms with Crippen molar-refractivity contribution in [2.45, 2.75) is 64.1 Å². The summed E-state index contributed by atoms with van der Waals surface area (Å²) in [6.07, 6.45) is 5.24. The van der Waals surface area contributed by atoms with Crippen molar-refractivity contribution in [2.75, 3.05) is 33.8 Å². The predicted molar refractivity (Wildman–Crippen MR) is 144 cm³/mol. The van der Waals surface area contributed by atoms with Crippen LogP contribution in [0.1, 0.15) is 56.4 Å². The highest BCUT2D eigenvalue weighted by molar-refractivity contribution is 5.99. The van der Waals surface area contributed by atoms with Gasteiger partial charge in [0.25, 0.3) is 5.91 Å². The molecule has 2 fully saturated rings. The summed E-state index contributed by atoms with van der Waals surface area (Å²) in [6, 6.07) is 6.66. The number of carbonyl (C=O) groups is 3. The van der Waals surface area contributed by atoms with E-state index in [9.17, 15) is 14.4 Å². The molecule has 1 saturated carbocycles. The molecule has 2 unspecified atom stereocenters. The number of hydrogen-bond donors (Lipinski definition) is 2. The molecule has 0 bridgehead atoms. The summed E-state index contributed by atoms with van der Waals surface area (Å²) in [5.74, 6) is 0.672. The number of amides is 3. The number of aryl methyl sites for hydroxylation is 1. The molecule has 37 heavy (non-hydrogen) atoms. The molecule has 1 aliphatic carbocycles. The molecular formula is C28H41N5O4. The summed E-state index contributed by atoms with van der Waals surface area (Å²) in [5, 5.41) is 7.00. The third kappa shape index (κ3) is 5.61. The van der Waals surface area contributed by atoms with E-state index in [4.69, 9.17) is 4.74 Å². The lowest BCUT2D eigenvalue weighted by molar-refractivity contribution is -0.140. The second kappa shape index (κ2) is 11.5. The van der Waals surface area contributed by atoms with E-state index in [1.54, 1.807) is 21.1 Å². The SMILES string of the molecule is CNC(C)C(=O)N[C@H](C(=O)N1CCN(C(=O)c2cc3ccc(OC)cc3n2C)C(C)C1)C1CCCCC1. The largest absolute Gasteiger partial charge is 0.497 e. The van der Waals surface area contributed by atoms with E-state index >= 15 is 0 Å². The van der Waals surface area contributed by atoms with Gasteiger partial charge in [-0.25, -0.2) is 0 Å². The van der Waals surface area contributed by atoms with Crippen LogP contribution in [0.4, 0.5) is 0 Å². The first-order valence-electron chi connectivity index (χ1n) is 13.5. The third-order valence-corrected chi connectivity index (χ3v) is 8.18. The standard InChI is InChI=1S/C28H41N5O4/c1-18-17-32(28(36)25(20-9-7-6-8-10-20)30-26(34)19(2)29-3)13-14-33(18)27(35)24-15-21-11-12-22(37-5)16-23(21)31(24)4/h11-12,15-16,18-20,25,29H,6-10,13-14,17H2,1-5H3,(H,30,34)/t18?,19?,25-/m0/s1. The molecule has 0 spiro atoms. The molecule has 1 aliphatic heterocycles. The lowest BCUT2D eigenvalue weighted by Crippen LogP contribution is -2.61. The van der Waals surface area contributed by atoms with Gasteiger partial charge in [0.05, 0.1) is 18.7 Å². The summed E-state index contributed by atoms with van der Waals surface area (Å²) < 4.78 is 7.25. The van der Waals surface area contributed by atoms with Gasteiger partial charge in [0.15, 0.2) is 0 Å². The van der Waals surface area contributed by atoms with Gasteiger partial charge in [-0.15, -0.1) is 0 Å². The maximum Gasteiger partial charge on any atom is 0.270 e. The van der Waals surface area contributed by atoms with E-state index in [2.05, 4.69) is 10.6 Å². The molecule has 2 N–H and O–H groups in total. The summed E-state index contributed by atoms with van der Waals surface area (Å²) in [6.45, 7) is 5.14. The van der Waals surface area contributed by atoms with Gasteiger partial charge in [-0.05, 0) is 57.9 Å². The molecule has 4 rings (SSSR count). The van der Waals surface area contributed by atoms with Crippen molar-refractivity contribution < 1.29 is 19.1 Å². The zero-order valence-electron chi connectivity index (χ0n) is 22.8. The molecule has 0 radical (unpaired) electrons. The topological polar surface area (TPSA) is 95.9 Å². The summed E-state index contributed by atoms with van der Waals surface area (Å²) in [4.78, 5) is 43.7. The van der Waals surface area contributed by atoms with E-state index in [1.807, 2.05) is 52.6 Å². The van der Waals surface area contributed by atoms with Crippen LogP contribution < -0.4 is 15.4 Å². The molecular weight excluding hydrogens is 470 g/mol. The zero-order valence-corrected chi connectivity index (χ0v) is 22.8. The Balaban J connectivity index is 1.48. The number of carbonyl (C=O) groups excluding carboxylic acids is 3. The molecule has 2 aromatic rings. The minimum Gasteiger partial charge on any atom is -0.497 e. The van der Waals surface area contributed by atoms with E-state index in [-0.39, 0.29) is 35.7 Å². The van der Waals surface area contributed by atoms with Gasteiger partial charge in [0.2, 0.25) is 11.8 Å². The number of hydrogen-bond acceptors (Lipinski definition) is 5. The number of benzene rings is 1. The third-order valence-electron chi connectivity index (χ3n) is 8.18. The van der Waals surface area contributed by atoms with Crippen LogP contribution in [-0.4, -0.2) is 84.0 Å². The molecule has 202 valence electrons. The second-order valence-electron chi connectivity index (χ2n) is 10.5. The van der Waals surface area contributed by atoms with E-state index in [0.717, 1.165) is 42.3 Å². The van der Waals surface area contributed by atoms with Gasteiger partial charge in [-0.2, -0.15) is 0 Å². The first-order chi connectivity index (χ1) is 17.7. The van der Waals surface area contributed by atoms with Crippen LogP contribution in [-0.2, 0) is 16.6 Å². The average Bonchev–Trinajstić information content (AvgIpc) is 3.26. The van der Waals surface area contributed by atoms with Crippen LogP contribution in [0.2, 0.25) is 0 Å². The Morgan fingerprint density at radius 3 is 2.46 bits per heavy atom. The molecule has 9 heteroatoms. The monoisotopic (exact) mass is 511 g/mol. The number of piperazine rings is 1. The van der Waals surface area contributed by atoms with Crippen molar-refractivity contribution in [3.8, 4) is 5.75 Å². The van der Waals surface area contributed by atoms with Crippen molar-refractivity contribution >= 4 is 28.6 Å². The van der Waals surface area contributed by atoms with E-state index in [1.165, 1.54) is 6.42 Å². The molecule has 1 saturated heterocycles. The maximum atomic E-state index is 13.7. The lowest BCUT2D eigenvalue weighted by Gasteiger charge is -2.42. The van der Waals surface area contributed by atoms with Gasteiger partial charge in [0, 0.05) is 44.2 Å². The smallest absolute Gasteiger partial charge is 0.270 e. The number of aromatic nitrogens is 1. The number of ether oxygens (including phenoxy) is 1. The fourth-order valence-corrected chi connectivity index (χ4v) is 5.70. The number of fused-ring (bicyclic) bond motifs is 1. The van der Waals surface area contributed by atoms with Gasteiger partial charge in [-0.3, -0.25) is 14.4 Å². The molecule has 9 nitrogen and oxygen atoms in total. The van der Waals surface area contributed by atoms with Crippen molar-refractivity contribution in [1.82, 2.24) is 25.0 Å². The van der Waals surface area contributed by atoms with Crippen molar-refractivity contribution in [2.24, 2.45) is 13.0 Å². The van der Waals surface area contributed by atoms with Gasteiger partial charge >= 0.3 is 0 Å². The summed E-state index contributed by atoms with van der Waals surface area (Å²) >= 11 is 0. The Morgan fingerprint density at radius 2 is 1.81 bits per heavy atom. The Morgan fingerprint density at radius 1 is 1.08 bits per heavy atom. The Hall–Kier alpha value is -3.07. The number of rotatable bonds is 7. The fourth-order valence-electron chi connectivity index (χ4n) is 5.70. The van der Waals surface area contributed by atoms with Gasteiger partial charge in [0.1, 0.15) is 17.5 Å². The zero-order chi connectivity index (χ0) is 26.7. The maximum absolute atomic E-state index is 13.7. The van der Waals surface area contributed by atoms with Crippen LogP contribution in [0, 0.1) is 5.92 Å². The van der Waals surface area contributed by atoms with Crippen LogP contribution in [0.15, 0.2) is 24.3 Å². The van der Waals surface area contributed by atoms with Crippen LogP contribution in [0.3, 0.4) is 0 Å². The lowest BCUT2D eigenvalue weighted by atomic mass is 9.83. The van der Waals surface area contributed by atoms with Crippen molar-refractivity contribution in [1.29, 1.82) is 0 Å². The first-order valence-corrected chi connectivity index (χ1v) is 13.5. The van der Waals surface area contributed by atoms with Crippen molar-refractivity contribution in [3.05, 3.63) is 30.0 Å². The minimum absolute atomic E-state index is 0.0285. The van der Waals surface area contributed by atoms with Crippen LogP contribution in [0.25, 0.3) is 10.9 Å². The van der Waals surface area contributed by atoms with Crippen LogP contribution in [0.5, 0.6) is 5.75 Å². The highest BCUT2D eigenvalue weighted by Gasteiger charge is 2.38. The molecule has 2 aliphatic rings. The number of likely N-dealkylation sites (N-methyl/N-ethyl adjacent to an activating group) is 1. The number of methoxy groups -OCH3 is 1. The Labute approximate surface area is 219 Å². The Kier molecular flexibility index (Phi) is 8.42. The number of nitrogens with zero attached hydrogens (tertiary/aromatic N) is 3.